The molecule has 2 aliphatic heterocycles. The lowest BCUT2D eigenvalue weighted by atomic mass is 9.99. The molecule has 2 aliphatic rings. The summed E-state index contributed by atoms with van der Waals surface area (Å²) in [5.74, 6) is -7.73. The number of hydrogen-bond donors (Lipinski definition) is 12. The maximum Gasteiger partial charge on any atom is 0.246 e. The number of fused-ring (bicyclic) bond motifs is 1. The molecule has 2 aromatic heterocycles. The Morgan fingerprint density at radius 1 is 0.782 bits per heavy atom. The van der Waals surface area contributed by atoms with Crippen LogP contribution in [0.4, 0.5) is 5.95 Å². The Balaban J connectivity index is 1.20. The number of anilines is 1. The summed E-state index contributed by atoms with van der Waals surface area (Å²) < 4.78 is 5.22. The molecule has 6 rings (SSSR count). The van der Waals surface area contributed by atoms with Crippen LogP contribution in [0.5, 0.6) is 11.6 Å². The summed E-state index contributed by atoms with van der Waals surface area (Å²) >= 11 is 0. The third-order valence-electron chi connectivity index (χ3n) is 15.5. The number of nitrogens with one attached hydrogen (secondary N) is 8. The van der Waals surface area contributed by atoms with Gasteiger partial charge in [-0.1, -0.05) is 51.1 Å². The number of carbonyl (C=O) groups is 10. The number of hydrogen-bond acceptors (Lipinski definition) is 17. The molecule has 0 saturated carbocycles. The number of aromatic amines is 1. The molecule has 0 bridgehead atoms. The molecule has 2 aromatic carbocycles. The van der Waals surface area contributed by atoms with Crippen LogP contribution < -0.4 is 53.4 Å². The highest BCUT2D eigenvalue weighted by atomic mass is 16.5. The van der Waals surface area contributed by atoms with Crippen LogP contribution >= 0.6 is 0 Å². The fourth-order valence-corrected chi connectivity index (χ4v) is 10.7. The van der Waals surface area contributed by atoms with E-state index in [4.69, 9.17) is 16.2 Å². The number of aliphatic hydroxyl groups excluding tert-OH is 1. The molecule has 0 unspecified atom stereocenters. The number of H-pyrrole nitrogens is 1. The van der Waals surface area contributed by atoms with Crippen LogP contribution in [0, 0.1) is 11.8 Å². The fraction of sp³-hybridized carbons (Fsp3) is 0.525. The van der Waals surface area contributed by atoms with Crippen molar-refractivity contribution in [2.75, 3.05) is 52.7 Å². The number of aromatic nitrogens is 3. The van der Waals surface area contributed by atoms with Crippen molar-refractivity contribution in [3.8, 4) is 11.6 Å². The van der Waals surface area contributed by atoms with Gasteiger partial charge in [0, 0.05) is 81.9 Å². The fourth-order valence-electron chi connectivity index (χ4n) is 10.7. The zero-order valence-electron chi connectivity index (χ0n) is 50.2. The van der Waals surface area contributed by atoms with Crippen molar-refractivity contribution in [3.63, 3.8) is 0 Å². The first kappa shape index (κ1) is 67.2. The normalized spacial score (nSPS) is 18.0. The van der Waals surface area contributed by atoms with Gasteiger partial charge in [0.25, 0.3) is 0 Å². The molecule has 14 N–H and O–H groups in total. The summed E-state index contributed by atoms with van der Waals surface area (Å²) in [6.45, 7) is 6.45. The van der Waals surface area contributed by atoms with Crippen molar-refractivity contribution < 1.29 is 62.9 Å². The molecule has 472 valence electrons. The van der Waals surface area contributed by atoms with E-state index in [9.17, 15) is 58.2 Å². The van der Waals surface area contributed by atoms with E-state index >= 15 is 0 Å². The first-order chi connectivity index (χ1) is 41.4. The number of aromatic hydroxyl groups is 1. The lowest BCUT2D eigenvalue weighted by Crippen LogP contribution is -2.60. The van der Waals surface area contributed by atoms with Gasteiger partial charge in [-0.05, 0) is 87.2 Å². The molecule has 10 atom stereocenters. The average Bonchev–Trinajstić information content (AvgIpc) is 4.31. The number of carbonyl (C=O) groups excluding carboxylic acids is 10. The van der Waals surface area contributed by atoms with Crippen LogP contribution in [0.1, 0.15) is 83.8 Å². The molecule has 28 nitrogen and oxygen atoms in total. The van der Waals surface area contributed by atoms with Crippen LogP contribution in [0.2, 0.25) is 0 Å². The molecule has 28 heteroatoms. The minimum atomic E-state index is -1.56. The lowest BCUT2D eigenvalue weighted by Gasteiger charge is -2.32. The Labute approximate surface area is 504 Å². The monoisotopic (exact) mass is 1210 g/mol. The zero-order valence-corrected chi connectivity index (χ0v) is 50.2. The van der Waals surface area contributed by atoms with E-state index < -0.39 is 126 Å². The molecule has 0 aliphatic carbocycles. The predicted octanol–water partition coefficient (Wildman–Crippen LogP) is -1.16. The van der Waals surface area contributed by atoms with E-state index in [0.29, 0.717) is 18.4 Å². The highest BCUT2D eigenvalue weighted by molar-refractivity contribution is 5.99. The van der Waals surface area contributed by atoms with Crippen LogP contribution in [-0.2, 0) is 60.8 Å². The molecular weight excluding hydrogens is 1130 g/mol. The zero-order chi connectivity index (χ0) is 63.6. The van der Waals surface area contributed by atoms with E-state index in [0.717, 1.165) is 21.4 Å². The van der Waals surface area contributed by atoms with Crippen molar-refractivity contribution >= 4 is 75.9 Å². The molecule has 2 fully saturated rings. The highest BCUT2D eigenvalue weighted by Gasteiger charge is 2.45. The molecule has 4 aromatic rings. The van der Waals surface area contributed by atoms with Gasteiger partial charge in [-0.3, -0.25) is 47.9 Å². The minimum Gasteiger partial charge on any atom is -0.508 e. The van der Waals surface area contributed by atoms with Crippen LogP contribution in [-0.4, -0.2) is 201 Å². The number of phenols is 1. The number of likely N-dealkylation sites (tertiary alicyclic amines) is 2. The van der Waals surface area contributed by atoms with Gasteiger partial charge in [0.15, 0.2) is 0 Å². The second-order valence-corrected chi connectivity index (χ2v) is 22.5. The van der Waals surface area contributed by atoms with Crippen molar-refractivity contribution in [1.82, 2.24) is 61.6 Å². The second kappa shape index (κ2) is 31.5. The molecule has 4 heterocycles. The number of likely N-dealkylation sites (N-methyl/N-ethyl adjacent to an activating group) is 2. The van der Waals surface area contributed by atoms with E-state index in [2.05, 4.69) is 52.2 Å². The summed E-state index contributed by atoms with van der Waals surface area (Å²) in [6.07, 6.45) is 1.68. The topological polar surface area (TPSA) is 408 Å². The Morgan fingerprint density at radius 3 is 2.10 bits per heavy atom. The molecular formula is C59H83N15O13. The largest absolute Gasteiger partial charge is 0.508 e. The van der Waals surface area contributed by atoms with Crippen molar-refractivity contribution in [3.05, 3.63) is 78.1 Å². The van der Waals surface area contributed by atoms with Gasteiger partial charge in [-0.25, -0.2) is 4.98 Å². The van der Waals surface area contributed by atoms with Crippen LogP contribution in [0.25, 0.3) is 10.9 Å². The number of aliphatic hydroxyl groups is 1. The lowest BCUT2D eigenvalue weighted by molar-refractivity contribution is -0.145. The number of methoxy groups -OCH3 is 1. The quantitative estimate of drug-likeness (QED) is 0.0293. The van der Waals surface area contributed by atoms with Crippen LogP contribution in [0.15, 0.2) is 67.0 Å². The first-order valence-corrected chi connectivity index (χ1v) is 29.1. The predicted molar refractivity (Wildman–Crippen MR) is 318 cm³/mol. The second-order valence-electron chi connectivity index (χ2n) is 22.5. The summed E-state index contributed by atoms with van der Waals surface area (Å²) in [5.41, 5.74) is 13.6. The number of primary amides is 1. The summed E-state index contributed by atoms with van der Waals surface area (Å²) in [4.78, 5) is 155. The first-order valence-electron chi connectivity index (χ1n) is 29.1. The number of benzene rings is 2. The number of amides is 10. The van der Waals surface area contributed by atoms with E-state index in [1.165, 1.54) is 62.3 Å². The third kappa shape index (κ3) is 18.3. The van der Waals surface area contributed by atoms with Crippen molar-refractivity contribution in [1.29, 1.82) is 0 Å². The number of β-amino-alcohol motifs (C(OH)–C–C–N with tert-alkyl or cyclic N) is 1. The van der Waals surface area contributed by atoms with E-state index in [1.807, 2.05) is 24.3 Å². The van der Waals surface area contributed by atoms with Gasteiger partial charge in [-0.15, -0.1) is 0 Å². The Hall–Kier alpha value is -8.92. The summed E-state index contributed by atoms with van der Waals surface area (Å²) in [5, 5.41) is 40.7. The number of ether oxygens (including phenoxy) is 1. The maximum atomic E-state index is 14.9. The molecule has 0 radical (unpaired) electrons. The van der Waals surface area contributed by atoms with Gasteiger partial charge < -0.3 is 83.3 Å². The highest BCUT2D eigenvalue weighted by Crippen LogP contribution is 2.25. The van der Waals surface area contributed by atoms with Gasteiger partial charge in [0.2, 0.25) is 70.9 Å². The number of para-hydroxylation sites is 1. The third-order valence-corrected chi connectivity index (χ3v) is 15.5. The number of nitrogens with two attached hydrogens (primary N) is 2. The summed E-state index contributed by atoms with van der Waals surface area (Å²) in [6, 6.07) is 4.84. The number of nitrogens with zero attached hydrogens (tertiary/aromatic N) is 5. The standard InChI is InChI=1S/C59H83N15O13/c1-32(2)25-44(58(86)74-31-38(76)28-47(74)55(83)68-43(53(81)66-41(18-21-60)51(79)62-5)27-36-30-65-40-12-9-8-11-39(36)40)70-52(80)42(19-22-63-59-64-23-20-49(71-59)87-7)67-54(82)46-13-10-24-73(46)57(85)45(29-48(61)77)69-50(78)34(4)72(6)56(84)33(3)26-35-14-16-37(75)17-15-35/h8-9,11-12,14-17,20,23,30,32-34,38,41-47,65,75-76H,10,13,18-19,21-22,24-29,31,60H2,1-7H3,(H2,61,77)(H,62,79)(H,66,81)(H,67,82)(H,68,83)(H,69,78)(H,70,80)(H,63,64,71)/t33-,34-,38+,41-,42-,43-,44-,45-,46-,47-/m0/s1. The molecule has 2 saturated heterocycles. The van der Waals surface area contributed by atoms with Crippen molar-refractivity contribution in [2.24, 2.45) is 23.3 Å². The number of rotatable bonds is 30. The SMILES string of the molecule is CNC(=O)[C@H](CCN)NC(=O)[C@H](Cc1c[nH]c2ccccc12)NC(=O)[C@@H]1C[C@@H](O)CN1C(=O)[C@H](CC(C)C)NC(=O)[C@H](CCNc1nccc(OC)n1)NC(=O)[C@@H]1CCCN1C(=O)[C@H](CC(N)=O)NC(=O)[C@H](C)N(C)C(=O)[C@@H](C)Cc1ccc(O)cc1. The van der Waals surface area contributed by atoms with E-state index in [1.54, 1.807) is 39.1 Å². The molecule has 87 heavy (non-hydrogen) atoms. The summed E-state index contributed by atoms with van der Waals surface area (Å²) in [7, 11) is 4.25. The van der Waals surface area contributed by atoms with Gasteiger partial charge in [0.05, 0.1) is 19.6 Å². The number of phenolic OH excluding ortho intramolecular Hbond substituents is 1. The smallest absolute Gasteiger partial charge is 0.246 e. The van der Waals surface area contributed by atoms with Gasteiger partial charge >= 0.3 is 0 Å². The van der Waals surface area contributed by atoms with Crippen LogP contribution in [0.3, 0.4) is 0 Å². The Bertz CT molecular complexity index is 3090. The Morgan fingerprint density at radius 2 is 1.43 bits per heavy atom. The van der Waals surface area contributed by atoms with Gasteiger partial charge in [-0.2, -0.15) is 4.98 Å². The average molecular weight is 1210 g/mol. The maximum absolute atomic E-state index is 14.9. The Kier molecular flexibility index (Phi) is 24.3. The van der Waals surface area contributed by atoms with E-state index in [-0.39, 0.29) is 88.2 Å². The van der Waals surface area contributed by atoms with Crippen molar-refractivity contribution in [2.45, 2.75) is 140 Å². The minimum absolute atomic E-state index is 0.0109. The molecule has 0 spiro atoms. The van der Waals surface area contributed by atoms with Gasteiger partial charge in [0.1, 0.15) is 54.1 Å². The molecule has 10 amide bonds.